The van der Waals surface area contributed by atoms with Gasteiger partial charge in [-0.2, -0.15) is 0 Å². The van der Waals surface area contributed by atoms with Gasteiger partial charge in [0, 0.05) is 10.9 Å². The van der Waals surface area contributed by atoms with Crippen LogP contribution < -0.4 is 15.0 Å². The first-order valence-electron chi connectivity index (χ1n) is 11.5. The summed E-state index contributed by atoms with van der Waals surface area (Å²) in [5, 5.41) is 5.65. The summed E-state index contributed by atoms with van der Waals surface area (Å²) >= 11 is 2.43. The summed E-state index contributed by atoms with van der Waals surface area (Å²) in [6, 6.07) is 5.34. The molecule has 2 aromatic heterocycles. The standard InChI is InChI=1S/C25H25N3O7S2/c1-5-33-24(31)21-13(3)22(25(32)34-6-2)37-23(21)27-19(29)10-28-17-9-15(16-12-36-14(4)26-16)7-8-18(17)35-11-20(28)30/h7-9,12H,5-6,10-11H2,1-4H3,(H,27,29). The number of rotatable bonds is 8. The van der Waals surface area contributed by atoms with Gasteiger partial charge >= 0.3 is 11.9 Å². The first-order valence-corrected chi connectivity index (χ1v) is 13.2. The molecule has 2 amide bonds. The highest BCUT2D eigenvalue weighted by molar-refractivity contribution is 7.18. The number of hydrogen-bond acceptors (Lipinski definition) is 10. The molecule has 37 heavy (non-hydrogen) atoms. The molecule has 0 bridgehead atoms. The molecule has 0 atom stereocenters. The van der Waals surface area contributed by atoms with Crippen LogP contribution in [0.1, 0.15) is 44.4 Å². The third-order valence-electron chi connectivity index (χ3n) is 5.46. The number of anilines is 2. The molecule has 0 saturated carbocycles. The average Bonchev–Trinajstić information content (AvgIpc) is 3.43. The largest absolute Gasteiger partial charge is 0.482 e. The normalized spacial score (nSPS) is 12.5. The number of aromatic nitrogens is 1. The second-order valence-electron chi connectivity index (χ2n) is 7.95. The van der Waals surface area contributed by atoms with Gasteiger partial charge in [-0.25, -0.2) is 14.6 Å². The molecule has 0 unspecified atom stereocenters. The smallest absolute Gasteiger partial charge is 0.348 e. The topological polar surface area (TPSA) is 124 Å². The molecule has 1 N–H and O–H groups in total. The Kier molecular flexibility index (Phi) is 7.89. The minimum absolute atomic E-state index is 0.0816. The molecule has 0 aliphatic carbocycles. The number of thiophene rings is 1. The van der Waals surface area contributed by atoms with Crippen molar-refractivity contribution in [1.82, 2.24) is 4.98 Å². The zero-order valence-electron chi connectivity index (χ0n) is 20.7. The fourth-order valence-electron chi connectivity index (χ4n) is 3.78. The molecule has 1 aromatic carbocycles. The maximum atomic E-state index is 13.1. The number of thiazole rings is 1. The van der Waals surface area contributed by atoms with Crippen LogP contribution >= 0.6 is 22.7 Å². The number of esters is 2. The van der Waals surface area contributed by atoms with E-state index in [4.69, 9.17) is 14.2 Å². The van der Waals surface area contributed by atoms with Crippen molar-refractivity contribution in [2.45, 2.75) is 27.7 Å². The highest BCUT2D eigenvalue weighted by Crippen LogP contribution is 2.37. The number of nitrogens with one attached hydrogen (secondary N) is 1. The van der Waals surface area contributed by atoms with E-state index in [0.717, 1.165) is 27.6 Å². The van der Waals surface area contributed by atoms with Gasteiger partial charge in [0.1, 0.15) is 22.2 Å². The molecule has 1 aliphatic rings. The number of nitrogens with zero attached hydrogens (tertiary/aromatic N) is 2. The molecule has 1 aliphatic heterocycles. The van der Waals surface area contributed by atoms with E-state index in [1.807, 2.05) is 18.4 Å². The Balaban J connectivity index is 1.62. The fourth-order valence-corrected chi connectivity index (χ4v) is 5.51. The molecule has 0 radical (unpaired) electrons. The molecule has 3 aromatic rings. The molecule has 3 heterocycles. The molecule has 194 valence electrons. The lowest BCUT2D eigenvalue weighted by molar-refractivity contribution is -0.123. The van der Waals surface area contributed by atoms with Gasteiger partial charge < -0.3 is 19.5 Å². The van der Waals surface area contributed by atoms with Crippen LogP contribution in [0.25, 0.3) is 11.3 Å². The van der Waals surface area contributed by atoms with Crippen molar-refractivity contribution in [2.75, 3.05) is 36.6 Å². The first kappa shape index (κ1) is 26.3. The van der Waals surface area contributed by atoms with Crippen molar-refractivity contribution >= 4 is 57.1 Å². The van der Waals surface area contributed by atoms with Gasteiger partial charge in [0.15, 0.2) is 6.61 Å². The number of hydrogen-bond donors (Lipinski definition) is 1. The number of amides is 2. The quantitative estimate of drug-likeness (QED) is 0.419. The van der Waals surface area contributed by atoms with Crippen molar-refractivity contribution in [3.63, 3.8) is 0 Å². The van der Waals surface area contributed by atoms with E-state index in [1.165, 1.54) is 16.2 Å². The number of fused-ring (bicyclic) bond motifs is 1. The second-order valence-corrected chi connectivity index (χ2v) is 10.0. The lowest BCUT2D eigenvalue weighted by Crippen LogP contribution is -2.43. The fraction of sp³-hybridized carbons (Fsp3) is 0.320. The van der Waals surface area contributed by atoms with E-state index in [-0.39, 0.29) is 41.8 Å². The highest BCUT2D eigenvalue weighted by atomic mass is 32.1. The highest BCUT2D eigenvalue weighted by Gasteiger charge is 2.31. The van der Waals surface area contributed by atoms with Gasteiger partial charge in [-0.1, -0.05) is 0 Å². The van der Waals surface area contributed by atoms with Gasteiger partial charge in [-0.05, 0) is 51.5 Å². The number of carbonyl (C=O) groups is 4. The Labute approximate surface area is 221 Å². The Morgan fingerprint density at radius 1 is 1.14 bits per heavy atom. The summed E-state index contributed by atoms with van der Waals surface area (Å²) < 4.78 is 15.8. The predicted octanol–water partition coefficient (Wildman–Crippen LogP) is 4.21. The number of ether oxygens (including phenoxy) is 3. The van der Waals surface area contributed by atoms with Crippen LogP contribution in [-0.2, 0) is 19.1 Å². The molecule has 0 spiro atoms. The van der Waals surface area contributed by atoms with Crippen molar-refractivity contribution in [1.29, 1.82) is 0 Å². The van der Waals surface area contributed by atoms with Gasteiger partial charge in [-0.3, -0.25) is 14.5 Å². The van der Waals surface area contributed by atoms with Crippen LogP contribution in [-0.4, -0.2) is 55.1 Å². The number of aryl methyl sites for hydroxylation is 1. The van der Waals surface area contributed by atoms with E-state index in [0.29, 0.717) is 17.0 Å². The SMILES string of the molecule is CCOC(=O)c1sc(NC(=O)CN2C(=O)COc3ccc(-c4csc(C)n4)cc32)c(C(=O)OCC)c1C. The van der Waals surface area contributed by atoms with Crippen LogP contribution in [0.15, 0.2) is 23.6 Å². The van der Waals surface area contributed by atoms with Crippen LogP contribution in [0, 0.1) is 13.8 Å². The summed E-state index contributed by atoms with van der Waals surface area (Å²) in [5.74, 6) is -1.75. The third-order valence-corrected chi connectivity index (χ3v) is 7.42. The zero-order chi connectivity index (χ0) is 26.7. The van der Waals surface area contributed by atoms with Crippen molar-refractivity contribution in [3.8, 4) is 17.0 Å². The third kappa shape index (κ3) is 5.49. The summed E-state index contributed by atoms with van der Waals surface area (Å²) in [6.07, 6.45) is 0. The number of carbonyl (C=O) groups excluding carboxylic acids is 4. The van der Waals surface area contributed by atoms with Gasteiger partial charge in [0.05, 0.1) is 35.2 Å². The Morgan fingerprint density at radius 2 is 1.86 bits per heavy atom. The Bertz CT molecular complexity index is 1380. The van der Waals surface area contributed by atoms with Crippen LogP contribution in [0.5, 0.6) is 5.75 Å². The van der Waals surface area contributed by atoms with Crippen molar-refractivity contribution in [3.05, 3.63) is 44.6 Å². The monoisotopic (exact) mass is 543 g/mol. The lowest BCUT2D eigenvalue weighted by atomic mass is 10.1. The zero-order valence-corrected chi connectivity index (χ0v) is 22.3. The second kappa shape index (κ2) is 11.1. The van der Waals surface area contributed by atoms with Gasteiger partial charge in [0.25, 0.3) is 5.91 Å². The van der Waals surface area contributed by atoms with Crippen molar-refractivity contribution < 1.29 is 33.4 Å². The van der Waals surface area contributed by atoms with Crippen LogP contribution in [0.4, 0.5) is 10.7 Å². The summed E-state index contributed by atoms with van der Waals surface area (Å²) in [5.41, 5.74) is 2.41. The molecular weight excluding hydrogens is 518 g/mol. The Morgan fingerprint density at radius 3 is 2.54 bits per heavy atom. The van der Waals surface area contributed by atoms with E-state index >= 15 is 0 Å². The van der Waals surface area contributed by atoms with Crippen molar-refractivity contribution in [2.24, 2.45) is 0 Å². The molecule has 10 nitrogen and oxygen atoms in total. The molecule has 0 saturated heterocycles. The summed E-state index contributed by atoms with van der Waals surface area (Å²) in [4.78, 5) is 56.9. The summed E-state index contributed by atoms with van der Waals surface area (Å²) in [6.45, 7) is 6.57. The maximum Gasteiger partial charge on any atom is 0.348 e. The molecular formula is C25H25N3O7S2. The Hall–Kier alpha value is -3.77. The molecule has 4 rings (SSSR count). The minimum Gasteiger partial charge on any atom is -0.482 e. The minimum atomic E-state index is -0.668. The number of benzene rings is 1. The summed E-state index contributed by atoms with van der Waals surface area (Å²) in [7, 11) is 0. The molecule has 12 heteroatoms. The van der Waals surface area contributed by atoms with Crippen LogP contribution in [0.2, 0.25) is 0 Å². The van der Waals surface area contributed by atoms with E-state index in [2.05, 4.69) is 10.3 Å². The van der Waals surface area contributed by atoms with E-state index < -0.39 is 23.8 Å². The maximum absolute atomic E-state index is 13.1. The van der Waals surface area contributed by atoms with Gasteiger partial charge in [0.2, 0.25) is 5.91 Å². The molecule has 0 fully saturated rings. The van der Waals surface area contributed by atoms with E-state index in [1.54, 1.807) is 32.9 Å². The van der Waals surface area contributed by atoms with Gasteiger partial charge in [-0.15, -0.1) is 22.7 Å². The average molecular weight is 544 g/mol. The lowest BCUT2D eigenvalue weighted by Gasteiger charge is -2.29. The van der Waals surface area contributed by atoms with E-state index in [9.17, 15) is 19.2 Å². The van der Waals surface area contributed by atoms with Crippen LogP contribution in [0.3, 0.4) is 0 Å². The predicted molar refractivity (Wildman–Crippen MR) is 140 cm³/mol. The first-order chi connectivity index (χ1) is 17.7.